The number of hydrogen-bond acceptors (Lipinski definition) is 5. The van der Waals surface area contributed by atoms with Crippen molar-refractivity contribution >= 4 is 11.8 Å². The van der Waals surface area contributed by atoms with Crippen LogP contribution in [-0.4, -0.2) is 31.1 Å². The molecule has 0 aliphatic carbocycles. The Hall–Kier alpha value is -1.34. The molecule has 0 aromatic carbocycles. The molecule has 2 rings (SSSR count). The molecule has 0 fully saturated rings. The second-order valence-corrected chi connectivity index (χ2v) is 4.76. The van der Waals surface area contributed by atoms with Gasteiger partial charge in [-0.25, -0.2) is 9.67 Å². The molecule has 0 radical (unpaired) electrons. The van der Waals surface area contributed by atoms with Gasteiger partial charge in [0.2, 0.25) is 0 Å². The molecule has 0 amide bonds. The van der Waals surface area contributed by atoms with E-state index in [4.69, 9.17) is 5.73 Å². The van der Waals surface area contributed by atoms with E-state index in [-0.39, 0.29) is 0 Å². The van der Waals surface area contributed by atoms with Gasteiger partial charge in [-0.2, -0.15) is 10.2 Å². The summed E-state index contributed by atoms with van der Waals surface area (Å²) in [6, 6.07) is 0. The molecule has 2 heterocycles. The van der Waals surface area contributed by atoms with Gasteiger partial charge in [0.15, 0.2) is 5.16 Å². The van der Waals surface area contributed by atoms with Crippen LogP contribution in [0.1, 0.15) is 11.3 Å². The fraction of sp³-hybridized carbons (Fsp3) is 0.500. The van der Waals surface area contributed by atoms with Gasteiger partial charge >= 0.3 is 0 Å². The summed E-state index contributed by atoms with van der Waals surface area (Å²) in [5.74, 6) is 0. The molecular weight excluding hydrogens is 236 g/mol. The van der Waals surface area contributed by atoms with Crippen LogP contribution in [0.2, 0.25) is 0 Å². The average Bonchev–Trinajstić information content (AvgIpc) is 2.78. The normalized spacial score (nSPS) is 11.1. The molecular formula is C10H16N6S. The molecule has 0 saturated carbocycles. The number of nitrogens with zero attached hydrogens (tertiary/aromatic N) is 5. The molecule has 0 aliphatic heterocycles. The molecule has 0 bridgehead atoms. The monoisotopic (exact) mass is 252 g/mol. The summed E-state index contributed by atoms with van der Waals surface area (Å²) in [6.07, 6.45) is 2.38. The van der Waals surface area contributed by atoms with Gasteiger partial charge in [0.25, 0.3) is 0 Å². The fourth-order valence-corrected chi connectivity index (χ4v) is 2.70. The molecule has 0 atom stereocenters. The summed E-state index contributed by atoms with van der Waals surface area (Å²) in [6.45, 7) is 2.63. The third kappa shape index (κ3) is 2.34. The predicted octanol–water partition coefficient (Wildman–Crippen LogP) is 0.509. The van der Waals surface area contributed by atoms with E-state index in [0.717, 1.165) is 22.3 Å². The van der Waals surface area contributed by atoms with Crippen LogP contribution >= 0.6 is 11.8 Å². The van der Waals surface area contributed by atoms with Crippen molar-refractivity contribution in [1.29, 1.82) is 0 Å². The second kappa shape index (κ2) is 4.89. The van der Waals surface area contributed by atoms with Gasteiger partial charge < -0.3 is 5.73 Å². The summed E-state index contributed by atoms with van der Waals surface area (Å²) in [4.78, 5) is 4.21. The van der Waals surface area contributed by atoms with E-state index in [9.17, 15) is 0 Å². The Labute approximate surface area is 104 Å². The van der Waals surface area contributed by atoms with E-state index in [0.29, 0.717) is 6.54 Å². The first kappa shape index (κ1) is 12.1. The predicted molar refractivity (Wildman–Crippen MR) is 65.8 cm³/mol. The van der Waals surface area contributed by atoms with E-state index in [2.05, 4.69) is 15.2 Å². The Bertz CT molecular complexity index is 515. The standard InChI is InChI=1S/C10H16N6S/c1-7-8(4-5-11)9(15(2)14-7)17-10-12-6-13-16(10)3/h6H,4-5,11H2,1-3H3. The smallest absolute Gasteiger partial charge is 0.192 e. The summed E-state index contributed by atoms with van der Waals surface area (Å²) in [5, 5.41) is 10.4. The topological polar surface area (TPSA) is 74.5 Å². The SMILES string of the molecule is Cc1nn(C)c(Sc2ncnn2C)c1CCN. The Balaban J connectivity index is 2.35. The van der Waals surface area contributed by atoms with E-state index >= 15 is 0 Å². The molecule has 0 unspecified atom stereocenters. The van der Waals surface area contributed by atoms with Crippen molar-refractivity contribution in [2.75, 3.05) is 6.54 Å². The summed E-state index contributed by atoms with van der Waals surface area (Å²) < 4.78 is 3.62. The Morgan fingerprint density at radius 1 is 1.35 bits per heavy atom. The van der Waals surface area contributed by atoms with Crippen molar-refractivity contribution in [2.45, 2.75) is 23.5 Å². The molecule has 0 spiro atoms. The maximum Gasteiger partial charge on any atom is 0.192 e. The summed E-state index contributed by atoms with van der Waals surface area (Å²) >= 11 is 1.57. The number of rotatable bonds is 4. The van der Waals surface area contributed by atoms with Gasteiger partial charge in [0.1, 0.15) is 11.4 Å². The van der Waals surface area contributed by atoms with Gasteiger partial charge in [-0.15, -0.1) is 0 Å². The first-order valence-electron chi connectivity index (χ1n) is 5.38. The maximum absolute atomic E-state index is 5.63. The van der Waals surface area contributed by atoms with Crippen LogP contribution in [0.4, 0.5) is 0 Å². The average molecular weight is 252 g/mol. The molecule has 92 valence electrons. The van der Waals surface area contributed by atoms with Gasteiger partial charge in [-0.05, 0) is 31.7 Å². The molecule has 0 aliphatic rings. The zero-order valence-electron chi connectivity index (χ0n) is 10.2. The van der Waals surface area contributed by atoms with Gasteiger partial charge in [-0.3, -0.25) is 4.68 Å². The molecule has 0 saturated heterocycles. The zero-order chi connectivity index (χ0) is 12.4. The van der Waals surface area contributed by atoms with Crippen molar-refractivity contribution < 1.29 is 0 Å². The third-order valence-electron chi connectivity index (χ3n) is 2.54. The van der Waals surface area contributed by atoms with Crippen LogP contribution in [0.5, 0.6) is 0 Å². The molecule has 17 heavy (non-hydrogen) atoms. The van der Waals surface area contributed by atoms with Crippen LogP contribution in [0, 0.1) is 6.92 Å². The highest BCUT2D eigenvalue weighted by Crippen LogP contribution is 2.29. The fourth-order valence-electron chi connectivity index (χ4n) is 1.71. The van der Waals surface area contributed by atoms with E-state index < -0.39 is 0 Å². The minimum atomic E-state index is 0.624. The molecule has 2 aromatic heterocycles. The van der Waals surface area contributed by atoms with Gasteiger partial charge in [0.05, 0.1) is 5.69 Å². The minimum Gasteiger partial charge on any atom is -0.330 e. The van der Waals surface area contributed by atoms with Crippen molar-refractivity contribution in [2.24, 2.45) is 19.8 Å². The number of aryl methyl sites for hydroxylation is 3. The van der Waals surface area contributed by atoms with E-state index in [1.54, 1.807) is 22.8 Å². The van der Waals surface area contributed by atoms with E-state index in [1.807, 2.05) is 25.7 Å². The van der Waals surface area contributed by atoms with Crippen LogP contribution in [0.3, 0.4) is 0 Å². The zero-order valence-corrected chi connectivity index (χ0v) is 11.0. The van der Waals surface area contributed by atoms with Gasteiger partial charge in [-0.1, -0.05) is 0 Å². The lowest BCUT2D eigenvalue weighted by Gasteiger charge is -2.04. The maximum atomic E-state index is 5.63. The quantitative estimate of drug-likeness (QED) is 0.858. The lowest BCUT2D eigenvalue weighted by Crippen LogP contribution is -2.05. The van der Waals surface area contributed by atoms with Crippen molar-refractivity contribution in [1.82, 2.24) is 24.5 Å². The lowest BCUT2D eigenvalue weighted by molar-refractivity contribution is 0.668. The number of hydrogen-bond donors (Lipinski definition) is 1. The third-order valence-corrected chi connectivity index (χ3v) is 3.80. The molecule has 7 heteroatoms. The van der Waals surface area contributed by atoms with Crippen molar-refractivity contribution in [3.63, 3.8) is 0 Å². The van der Waals surface area contributed by atoms with Crippen LogP contribution in [0.25, 0.3) is 0 Å². The number of nitrogens with two attached hydrogens (primary N) is 1. The van der Waals surface area contributed by atoms with Crippen molar-refractivity contribution in [3.05, 3.63) is 17.6 Å². The molecule has 2 N–H and O–H groups in total. The molecule has 6 nitrogen and oxygen atoms in total. The van der Waals surface area contributed by atoms with Crippen LogP contribution < -0.4 is 5.73 Å². The Kier molecular flexibility index (Phi) is 3.49. The first-order chi connectivity index (χ1) is 8.13. The first-order valence-corrected chi connectivity index (χ1v) is 6.19. The minimum absolute atomic E-state index is 0.624. The largest absolute Gasteiger partial charge is 0.330 e. The van der Waals surface area contributed by atoms with Crippen LogP contribution in [0.15, 0.2) is 16.5 Å². The lowest BCUT2D eigenvalue weighted by atomic mass is 10.2. The highest BCUT2D eigenvalue weighted by Gasteiger charge is 2.15. The van der Waals surface area contributed by atoms with Crippen molar-refractivity contribution in [3.8, 4) is 0 Å². The second-order valence-electron chi connectivity index (χ2n) is 3.80. The Morgan fingerprint density at radius 2 is 2.12 bits per heavy atom. The van der Waals surface area contributed by atoms with E-state index in [1.165, 1.54) is 5.56 Å². The summed E-state index contributed by atoms with van der Waals surface area (Å²) in [7, 11) is 3.81. The Morgan fingerprint density at radius 3 is 2.71 bits per heavy atom. The van der Waals surface area contributed by atoms with Crippen LogP contribution in [-0.2, 0) is 20.5 Å². The highest BCUT2D eigenvalue weighted by molar-refractivity contribution is 7.99. The number of aromatic nitrogens is 5. The molecule has 2 aromatic rings. The highest BCUT2D eigenvalue weighted by atomic mass is 32.2. The summed E-state index contributed by atoms with van der Waals surface area (Å²) in [5.41, 5.74) is 7.86. The van der Waals surface area contributed by atoms with Gasteiger partial charge in [0, 0.05) is 19.7 Å².